The van der Waals surface area contributed by atoms with Crippen molar-refractivity contribution in [3.8, 4) is 0 Å². The normalized spacial score (nSPS) is 20.0. The first-order valence-electron chi connectivity index (χ1n) is 6.57. The molecule has 1 rings (SSSR count). The van der Waals surface area contributed by atoms with E-state index in [9.17, 15) is 0 Å². The molecule has 3 N–H and O–H groups in total. The summed E-state index contributed by atoms with van der Waals surface area (Å²) in [6, 6.07) is 0. The maximum absolute atomic E-state index is 5.66. The van der Waals surface area contributed by atoms with E-state index in [1.54, 1.807) is 0 Å². The summed E-state index contributed by atoms with van der Waals surface area (Å²) in [5.41, 5.74) is 2.53. The first-order chi connectivity index (χ1) is 8.59. The van der Waals surface area contributed by atoms with Crippen molar-refractivity contribution in [3.05, 3.63) is 0 Å². The molecule has 0 amide bonds. The fourth-order valence-corrected chi connectivity index (χ4v) is 1.93. The van der Waals surface area contributed by atoms with Crippen molar-refractivity contribution in [2.45, 2.75) is 32.8 Å². The number of nitrogens with zero attached hydrogens (tertiary/aromatic N) is 2. The zero-order chi connectivity index (χ0) is 13.4. The molecule has 1 aliphatic heterocycles. The summed E-state index contributed by atoms with van der Waals surface area (Å²) in [5.74, 6) is 6.28. The SMILES string of the molecule is CCOCCCN=C(NN)N1CCOC(C)(C)C1. The van der Waals surface area contributed by atoms with E-state index in [0.29, 0.717) is 6.61 Å². The highest BCUT2D eigenvalue weighted by atomic mass is 16.5. The number of hydrazine groups is 1. The Bertz CT molecular complexity index is 269. The van der Waals surface area contributed by atoms with Gasteiger partial charge in [-0.3, -0.25) is 10.4 Å². The molecule has 0 aromatic rings. The third-order valence-electron chi connectivity index (χ3n) is 2.77. The van der Waals surface area contributed by atoms with Crippen LogP contribution in [0.15, 0.2) is 4.99 Å². The smallest absolute Gasteiger partial charge is 0.208 e. The zero-order valence-electron chi connectivity index (χ0n) is 11.7. The average Bonchev–Trinajstić information content (AvgIpc) is 2.32. The first-order valence-corrected chi connectivity index (χ1v) is 6.57. The molecule has 0 spiro atoms. The third kappa shape index (κ3) is 5.20. The van der Waals surface area contributed by atoms with Crippen LogP contribution in [0.2, 0.25) is 0 Å². The number of morpholine rings is 1. The third-order valence-corrected chi connectivity index (χ3v) is 2.77. The van der Waals surface area contributed by atoms with Crippen LogP contribution < -0.4 is 11.3 Å². The molecule has 1 fully saturated rings. The number of aliphatic imine (C=N–C) groups is 1. The van der Waals surface area contributed by atoms with Crippen LogP contribution in [-0.4, -0.2) is 55.9 Å². The predicted molar refractivity (Wildman–Crippen MR) is 72.3 cm³/mol. The lowest BCUT2D eigenvalue weighted by atomic mass is 10.1. The summed E-state index contributed by atoms with van der Waals surface area (Å²) < 4.78 is 10.9. The number of nitrogens with two attached hydrogens (primary N) is 1. The minimum Gasteiger partial charge on any atom is -0.382 e. The second-order valence-electron chi connectivity index (χ2n) is 4.93. The number of guanidine groups is 1. The minimum atomic E-state index is -0.152. The topological polar surface area (TPSA) is 72.1 Å². The van der Waals surface area contributed by atoms with Gasteiger partial charge in [0.2, 0.25) is 5.96 Å². The molecule has 0 aromatic heterocycles. The van der Waals surface area contributed by atoms with E-state index in [0.717, 1.165) is 45.2 Å². The lowest BCUT2D eigenvalue weighted by molar-refractivity contribution is -0.0685. The summed E-state index contributed by atoms with van der Waals surface area (Å²) in [6.45, 7) is 10.7. The van der Waals surface area contributed by atoms with Gasteiger partial charge in [0.05, 0.1) is 12.2 Å². The van der Waals surface area contributed by atoms with Gasteiger partial charge >= 0.3 is 0 Å². The molecule has 106 valence electrons. The van der Waals surface area contributed by atoms with Crippen LogP contribution in [-0.2, 0) is 9.47 Å². The largest absolute Gasteiger partial charge is 0.382 e. The molecule has 0 radical (unpaired) electrons. The maximum atomic E-state index is 5.66. The molecule has 6 heteroatoms. The van der Waals surface area contributed by atoms with Gasteiger partial charge in [0.25, 0.3) is 0 Å². The van der Waals surface area contributed by atoms with Gasteiger partial charge in [-0.25, -0.2) is 5.84 Å². The second kappa shape index (κ2) is 7.56. The molecular weight excluding hydrogens is 232 g/mol. The highest BCUT2D eigenvalue weighted by molar-refractivity contribution is 5.79. The molecule has 0 saturated carbocycles. The van der Waals surface area contributed by atoms with E-state index >= 15 is 0 Å². The van der Waals surface area contributed by atoms with Crippen molar-refractivity contribution in [1.29, 1.82) is 0 Å². The van der Waals surface area contributed by atoms with Gasteiger partial charge in [-0.05, 0) is 27.2 Å². The summed E-state index contributed by atoms with van der Waals surface area (Å²) in [4.78, 5) is 6.60. The molecule has 0 bridgehead atoms. The van der Waals surface area contributed by atoms with E-state index in [-0.39, 0.29) is 5.60 Å². The Kier molecular flexibility index (Phi) is 6.38. The van der Waals surface area contributed by atoms with Crippen LogP contribution in [0.4, 0.5) is 0 Å². The van der Waals surface area contributed by atoms with Gasteiger partial charge in [-0.2, -0.15) is 0 Å². The lowest BCUT2D eigenvalue weighted by Gasteiger charge is -2.39. The highest BCUT2D eigenvalue weighted by Gasteiger charge is 2.28. The van der Waals surface area contributed by atoms with E-state index in [1.807, 2.05) is 6.92 Å². The van der Waals surface area contributed by atoms with E-state index < -0.39 is 0 Å². The minimum absolute atomic E-state index is 0.152. The van der Waals surface area contributed by atoms with E-state index in [2.05, 4.69) is 29.2 Å². The van der Waals surface area contributed by atoms with Crippen molar-refractivity contribution in [2.75, 3.05) is 39.5 Å². The Balaban J connectivity index is 2.41. The van der Waals surface area contributed by atoms with Crippen LogP contribution in [0.1, 0.15) is 27.2 Å². The van der Waals surface area contributed by atoms with Crippen LogP contribution in [0.5, 0.6) is 0 Å². The van der Waals surface area contributed by atoms with Gasteiger partial charge in [0.15, 0.2) is 0 Å². The Morgan fingerprint density at radius 1 is 1.56 bits per heavy atom. The number of ether oxygens (including phenoxy) is 2. The molecule has 0 aliphatic carbocycles. The summed E-state index contributed by atoms with van der Waals surface area (Å²) in [7, 11) is 0. The van der Waals surface area contributed by atoms with Gasteiger partial charge in [0.1, 0.15) is 0 Å². The van der Waals surface area contributed by atoms with Crippen molar-refractivity contribution >= 4 is 5.96 Å². The predicted octanol–water partition coefficient (Wildman–Crippen LogP) is 0.343. The molecule has 1 heterocycles. The Morgan fingerprint density at radius 2 is 2.33 bits per heavy atom. The molecule has 1 saturated heterocycles. The second-order valence-corrected chi connectivity index (χ2v) is 4.93. The van der Waals surface area contributed by atoms with Crippen LogP contribution in [0.25, 0.3) is 0 Å². The fourth-order valence-electron chi connectivity index (χ4n) is 1.93. The summed E-state index contributed by atoms with van der Waals surface area (Å²) in [6.07, 6.45) is 0.909. The highest BCUT2D eigenvalue weighted by Crippen LogP contribution is 2.16. The molecule has 0 unspecified atom stereocenters. The number of hydrogen-bond acceptors (Lipinski definition) is 4. The van der Waals surface area contributed by atoms with Crippen LogP contribution in [0.3, 0.4) is 0 Å². The van der Waals surface area contributed by atoms with E-state index in [1.165, 1.54) is 0 Å². The Hall–Kier alpha value is -0.850. The molecular formula is C12H26N4O2. The average molecular weight is 258 g/mol. The van der Waals surface area contributed by atoms with Crippen LogP contribution in [0, 0.1) is 0 Å². The van der Waals surface area contributed by atoms with Crippen molar-refractivity contribution in [2.24, 2.45) is 10.8 Å². The monoisotopic (exact) mass is 258 g/mol. The molecule has 0 aromatic carbocycles. The Morgan fingerprint density at radius 3 is 2.94 bits per heavy atom. The van der Waals surface area contributed by atoms with Gasteiger partial charge in [-0.15, -0.1) is 0 Å². The van der Waals surface area contributed by atoms with Crippen molar-refractivity contribution in [1.82, 2.24) is 10.3 Å². The standard InChI is InChI=1S/C12H26N4O2/c1-4-17-8-5-6-14-11(15-13)16-7-9-18-12(2,3)10-16/h4-10,13H2,1-3H3,(H,14,15). The fraction of sp³-hybridized carbons (Fsp3) is 0.917. The molecule has 1 aliphatic rings. The lowest BCUT2D eigenvalue weighted by Crippen LogP contribution is -2.55. The first kappa shape index (κ1) is 15.2. The van der Waals surface area contributed by atoms with Crippen LogP contribution >= 0.6 is 0 Å². The van der Waals surface area contributed by atoms with Gasteiger partial charge in [0, 0.05) is 32.8 Å². The Labute approximate surface area is 109 Å². The maximum Gasteiger partial charge on any atom is 0.208 e. The van der Waals surface area contributed by atoms with Gasteiger partial charge in [-0.1, -0.05) is 0 Å². The molecule has 0 atom stereocenters. The quantitative estimate of drug-likeness (QED) is 0.245. The summed E-state index contributed by atoms with van der Waals surface area (Å²) >= 11 is 0. The van der Waals surface area contributed by atoms with Crippen molar-refractivity contribution in [3.63, 3.8) is 0 Å². The zero-order valence-corrected chi connectivity index (χ0v) is 11.7. The number of nitrogens with one attached hydrogen (secondary N) is 1. The van der Waals surface area contributed by atoms with E-state index in [4.69, 9.17) is 15.3 Å². The number of rotatable bonds is 5. The molecule has 6 nitrogen and oxygen atoms in total. The van der Waals surface area contributed by atoms with Gasteiger partial charge < -0.3 is 14.4 Å². The van der Waals surface area contributed by atoms with Crippen molar-refractivity contribution < 1.29 is 9.47 Å². The number of hydrogen-bond donors (Lipinski definition) is 2. The summed E-state index contributed by atoms with van der Waals surface area (Å²) in [5, 5.41) is 0. The molecule has 18 heavy (non-hydrogen) atoms.